The minimum absolute atomic E-state index is 0.143. The summed E-state index contributed by atoms with van der Waals surface area (Å²) < 4.78 is 42.1. The minimum atomic E-state index is -3.72. The van der Waals surface area contributed by atoms with E-state index in [1.807, 2.05) is 31.1 Å². The molecule has 9 heteroatoms. The lowest BCUT2D eigenvalue weighted by atomic mass is 10.0. The van der Waals surface area contributed by atoms with Gasteiger partial charge in [-0.2, -0.15) is 0 Å². The molecule has 1 unspecified atom stereocenters. The fourth-order valence-electron chi connectivity index (χ4n) is 4.30. The Balaban J connectivity index is 1.52. The summed E-state index contributed by atoms with van der Waals surface area (Å²) in [5, 5.41) is 0.376. The average molecular weight is 517 g/mol. The van der Waals surface area contributed by atoms with Crippen LogP contribution in [0.25, 0.3) is 0 Å². The highest BCUT2D eigenvalue weighted by molar-refractivity contribution is 7.89. The molecule has 1 atom stereocenters. The van der Waals surface area contributed by atoms with Gasteiger partial charge >= 0.3 is 0 Å². The van der Waals surface area contributed by atoms with Crippen molar-refractivity contribution in [1.29, 1.82) is 0 Å². The molecular weight excluding hydrogens is 487 g/mol. The Morgan fingerprint density at radius 3 is 2.23 bits per heavy atom. The fourth-order valence-corrected chi connectivity index (χ4v) is 5.64. The third-order valence-electron chi connectivity index (χ3n) is 6.31. The molecule has 4 rings (SSSR count). The molecule has 1 fully saturated rings. The Hall–Kier alpha value is -2.65. The Labute approximate surface area is 212 Å². The van der Waals surface area contributed by atoms with Gasteiger partial charge in [-0.1, -0.05) is 29.8 Å². The largest absolute Gasteiger partial charge is 0.378 e. The first-order chi connectivity index (χ1) is 16.7. The van der Waals surface area contributed by atoms with Crippen molar-refractivity contribution in [3.8, 4) is 0 Å². The molecule has 0 aliphatic carbocycles. The highest BCUT2D eigenvalue weighted by Gasteiger charge is 2.27. The summed E-state index contributed by atoms with van der Waals surface area (Å²) in [5.41, 5.74) is 3.10. The van der Waals surface area contributed by atoms with E-state index in [9.17, 15) is 12.8 Å². The lowest BCUT2D eigenvalue weighted by Gasteiger charge is -2.40. The van der Waals surface area contributed by atoms with Crippen LogP contribution >= 0.6 is 11.6 Å². The number of nitrogens with zero attached hydrogens (tertiary/aromatic N) is 3. The summed E-state index contributed by atoms with van der Waals surface area (Å²) >= 11 is 6.01. The maximum Gasteiger partial charge on any atom is 0.240 e. The average Bonchev–Trinajstić information content (AvgIpc) is 2.85. The Morgan fingerprint density at radius 1 is 0.971 bits per heavy atom. The number of halogens is 2. The number of piperazine rings is 1. The number of benzene rings is 3. The van der Waals surface area contributed by atoms with E-state index in [-0.39, 0.29) is 23.3 Å². The van der Waals surface area contributed by atoms with E-state index in [1.54, 1.807) is 24.3 Å². The molecule has 0 bridgehead atoms. The van der Waals surface area contributed by atoms with Gasteiger partial charge in [-0.25, -0.2) is 17.5 Å². The zero-order valence-electron chi connectivity index (χ0n) is 19.9. The van der Waals surface area contributed by atoms with Crippen LogP contribution < -0.4 is 14.5 Å². The number of hydrogen-bond acceptors (Lipinski definition) is 5. The standard InChI is InChI=1S/C26H30ClFN4O2S/c1-30(2)23-10-6-20(7-11-23)26(19-29-35(33,34)25-5-3-4-21(27)18-25)32-16-14-31(15-17-32)24-12-8-22(28)9-13-24/h3-13,18,26,29H,14-17,19H2,1-2H3. The molecule has 0 aromatic heterocycles. The summed E-state index contributed by atoms with van der Waals surface area (Å²) in [5.74, 6) is -0.249. The van der Waals surface area contributed by atoms with Crippen molar-refractivity contribution < 1.29 is 12.8 Å². The molecule has 6 nitrogen and oxygen atoms in total. The summed E-state index contributed by atoms with van der Waals surface area (Å²) in [6.45, 7) is 3.25. The highest BCUT2D eigenvalue weighted by atomic mass is 35.5. The Kier molecular flexibility index (Phi) is 7.96. The predicted octanol–water partition coefficient (Wildman–Crippen LogP) is 4.39. The van der Waals surface area contributed by atoms with Gasteiger partial charge in [0.15, 0.2) is 0 Å². The zero-order valence-corrected chi connectivity index (χ0v) is 21.4. The molecule has 1 heterocycles. The molecule has 0 radical (unpaired) electrons. The molecule has 35 heavy (non-hydrogen) atoms. The van der Waals surface area contributed by atoms with Gasteiger partial charge < -0.3 is 9.80 Å². The first kappa shape index (κ1) is 25.4. The van der Waals surface area contributed by atoms with Crippen molar-refractivity contribution in [2.75, 3.05) is 56.6 Å². The number of nitrogens with one attached hydrogen (secondary N) is 1. The lowest BCUT2D eigenvalue weighted by Crippen LogP contribution is -2.49. The van der Waals surface area contributed by atoms with E-state index in [0.29, 0.717) is 5.02 Å². The van der Waals surface area contributed by atoms with Crippen molar-refractivity contribution in [2.45, 2.75) is 10.9 Å². The van der Waals surface area contributed by atoms with Gasteiger partial charge in [0.05, 0.1) is 4.90 Å². The van der Waals surface area contributed by atoms with Crippen LogP contribution in [0.5, 0.6) is 0 Å². The van der Waals surface area contributed by atoms with E-state index in [1.165, 1.54) is 24.3 Å². The van der Waals surface area contributed by atoms with Gasteiger partial charge in [0.1, 0.15) is 5.82 Å². The highest BCUT2D eigenvalue weighted by Crippen LogP contribution is 2.26. The lowest BCUT2D eigenvalue weighted by molar-refractivity contribution is 0.187. The van der Waals surface area contributed by atoms with Gasteiger partial charge in [0.25, 0.3) is 0 Å². The second-order valence-corrected chi connectivity index (χ2v) is 11.0. The van der Waals surface area contributed by atoms with Crippen molar-refractivity contribution in [3.05, 3.63) is 89.2 Å². The molecule has 0 amide bonds. The quantitative estimate of drug-likeness (QED) is 0.481. The van der Waals surface area contributed by atoms with Crippen molar-refractivity contribution in [3.63, 3.8) is 0 Å². The van der Waals surface area contributed by atoms with Gasteiger partial charge in [-0.3, -0.25) is 4.90 Å². The van der Waals surface area contributed by atoms with E-state index < -0.39 is 10.0 Å². The first-order valence-corrected chi connectivity index (χ1v) is 13.4. The van der Waals surface area contributed by atoms with Crippen LogP contribution in [-0.4, -0.2) is 60.1 Å². The predicted molar refractivity (Wildman–Crippen MR) is 140 cm³/mol. The molecule has 0 spiro atoms. The molecule has 1 saturated heterocycles. The summed E-state index contributed by atoms with van der Waals surface area (Å²) in [7, 11) is 0.254. The van der Waals surface area contributed by atoms with Crippen LogP contribution in [0.15, 0.2) is 77.7 Å². The van der Waals surface area contributed by atoms with Gasteiger partial charge in [-0.05, 0) is 60.2 Å². The monoisotopic (exact) mass is 516 g/mol. The molecule has 1 N–H and O–H groups in total. The number of anilines is 2. The maximum atomic E-state index is 13.3. The third-order valence-corrected chi connectivity index (χ3v) is 7.97. The van der Waals surface area contributed by atoms with Crippen molar-refractivity contribution >= 4 is 33.0 Å². The number of rotatable bonds is 8. The Morgan fingerprint density at radius 2 is 1.63 bits per heavy atom. The van der Waals surface area contributed by atoms with Crippen LogP contribution in [-0.2, 0) is 10.0 Å². The van der Waals surface area contributed by atoms with E-state index in [4.69, 9.17) is 11.6 Å². The third kappa shape index (κ3) is 6.32. The van der Waals surface area contributed by atoms with Crippen LogP contribution in [0.1, 0.15) is 11.6 Å². The summed E-state index contributed by atoms with van der Waals surface area (Å²) in [4.78, 5) is 6.69. The van der Waals surface area contributed by atoms with E-state index >= 15 is 0 Å². The van der Waals surface area contributed by atoms with Gasteiger partial charge in [-0.15, -0.1) is 0 Å². The van der Waals surface area contributed by atoms with Crippen LogP contribution in [0, 0.1) is 5.82 Å². The summed E-state index contributed by atoms with van der Waals surface area (Å²) in [6.07, 6.45) is 0. The molecule has 186 valence electrons. The molecule has 1 aliphatic heterocycles. The Bertz CT molecular complexity index is 1230. The molecule has 1 aliphatic rings. The molecule has 0 saturated carbocycles. The minimum Gasteiger partial charge on any atom is -0.378 e. The van der Waals surface area contributed by atoms with E-state index in [0.717, 1.165) is 43.1 Å². The maximum absolute atomic E-state index is 13.3. The smallest absolute Gasteiger partial charge is 0.240 e. The van der Waals surface area contributed by atoms with E-state index in [2.05, 4.69) is 26.7 Å². The molecular formula is C26H30ClFN4O2S. The topological polar surface area (TPSA) is 55.9 Å². The second kappa shape index (κ2) is 11.0. The van der Waals surface area contributed by atoms with Crippen LogP contribution in [0.3, 0.4) is 0 Å². The van der Waals surface area contributed by atoms with Crippen LogP contribution in [0.4, 0.5) is 15.8 Å². The second-order valence-electron chi connectivity index (χ2n) is 8.81. The SMILES string of the molecule is CN(C)c1ccc(C(CNS(=O)(=O)c2cccc(Cl)c2)N2CCN(c3ccc(F)cc3)CC2)cc1. The summed E-state index contributed by atoms with van der Waals surface area (Å²) in [6, 6.07) is 20.9. The fraction of sp³-hybridized carbons (Fsp3) is 0.308. The van der Waals surface area contributed by atoms with Crippen molar-refractivity contribution in [2.24, 2.45) is 0 Å². The zero-order chi connectivity index (χ0) is 25.0. The number of sulfonamides is 1. The normalized spacial score (nSPS) is 15.7. The number of hydrogen-bond donors (Lipinski definition) is 1. The molecule has 3 aromatic carbocycles. The first-order valence-electron chi connectivity index (χ1n) is 11.5. The molecule has 3 aromatic rings. The van der Waals surface area contributed by atoms with Crippen molar-refractivity contribution in [1.82, 2.24) is 9.62 Å². The van der Waals surface area contributed by atoms with Gasteiger partial charge in [0, 0.05) is 69.3 Å². The van der Waals surface area contributed by atoms with Gasteiger partial charge in [0.2, 0.25) is 10.0 Å². The van der Waals surface area contributed by atoms with Crippen LogP contribution in [0.2, 0.25) is 5.02 Å².